The van der Waals surface area contributed by atoms with E-state index in [0.29, 0.717) is 11.8 Å². The van der Waals surface area contributed by atoms with Gasteiger partial charge in [0.2, 0.25) is 0 Å². The Hall–Kier alpha value is -1.62. The molecule has 1 N–H and O–H groups in total. The zero-order valence-electron chi connectivity index (χ0n) is 11.4. The number of hydrogen-bond donors (Lipinski definition) is 1. The summed E-state index contributed by atoms with van der Waals surface area (Å²) in [6.07, 6.45) is 3.99. The Morgan fingerprint density at radius 3 is 2.89 bits per heavy atom. The minimum absolute atomic E-state index is 0.0670. The molecular formula is C14H20N2O3. The van der Waals surface area contributed by atoms with Crippen molar-refractivity contribution in [1.29, 1.82) is 0 Å². The maximum absolute atomic E-state index is 11.0. The number of nitro groups is 1. The first kappa shape index (κ1) is 13.8. The molecule has 0 amide bonds. The second-order valence-electron chi connectivity index (χ2n) is 4.94. The summed E-state index contributed by atoms with van der Waals surface area (Å²) in [6.45, 7) is 3.14. The van der Waals surface area contributed by atoms with E-state index in [1.54, 1.807) is 6.07 Å². The van der Waals surface area contributed by atoms with Crippen LogP contribution in [0.2, 0.25) is 0 Å². The second-order valence-corrected chi connectivity index (χ2v) is 4.94. The molecule has 2 rings (SSSR count). The van der Waals surface area contributed by atoms with E-state index in [9.17, 15) is 10.1 Å². The quantitative estimate of drug-likeness (QED) is 0.655. The predicted molar refractivity (Wildman–Crippen MR) is 73.8 cm³/mol. The highest BCUT2D eigenvalue weighted by atomic mass is 16.6. The normalized spacial score (nSPS) is 17.9. The highest BCUT2D eigenvalue weighted by Gasteiger charge is 2.24. The van der Waals surface area contributed by atoms with Gasteiger partial charge >= 0.3 is 5.69 Å². The summed E-state index contributed by atoms with van der Waals surface area (Å²) in [5.41, 5.74) is 2.32. The number of nitrogens with zero attached hydrogens (tertiary/aromatic N) is 1. The first-order valence-electron chi connectivity index (χ1n) is 6.73. The molecule has 0 radical (unpaired) electrons. The topological polar surface area (TPSA) is 64.4 Å². The molecule has 1 aliphatic rings. The van der Waals surface area contributed by atoms with Gasteiger partial charge in [-0.3, -0.25) is 10.1 Å². The maximum atomic E-state index is 11.0. The lowest BCUT2D eigenvalue weighted by atomic mass is 9.87. The van der Waals surface area contributed by atoms with E-state index in [1.807, 2.05) is 6.07 Å². The lowest BCUT2D eigenvalue weighted by Gasteiger charge is -2.25. The Morgan fingerprint density at radius 2 is 2.26 bits per heavy atom. The molecule has 1 atom stereocenters. The third-order valence-corrected chi connectivity index (χ3v) is 3.61. The number of ether oxygens (including phenoxy) is 1. The van der Waals surface area contributed by atoms with Crippen molar-refractivity contribution < 1.29 is 9.66 Å². The molecule has 5 nitrogen and oxygen atoms in total. The molecule has 0 aliphatic heterocycles. The molecule has 19 heavy (non-hydrogen) atoms. The maximum Gasteiger partial charge on any atom is 0.311 e. The summed E-state index contributed by atoms with van der Waals surface area (Å²) in [7, 11) is 1.48. The van der Waals surface area contributed by atoms with Gasteiger partial charge in [-0.15, -0.1) is 0 Å². The molecule has 5 heteroatoms. The van der Waals surface area contributed by atoms with E-state index in [0.717, 1.165) is 37.8 Å². The van der Waals surface area contributed by atoms with Crippen molar-refractivity contribution in [2.24, 2.45) is 0 Å². The Bertz CT molecular complexity index is 474. The first-order chi connectivity index (χ1) is 9.15. The molecule has 0 heterocycles. The van der Waals surface area contributed by atoms with Gasteiger partial charge < -0.3 is 10.1 Å². The van der Waals surface area contributed by atoms with Crippen molar-refractivity contribution in [2.75, 3.05) is 13.7 Å². The van der Waals surface area contributed by atoms with Crippen molar-refractivity contribution >= 4 is 5.69 Å². The van der Waals surface area contributed by atoms with Gasteiger partial charge in [-0.05, 0) is 49.4 Å². The van der Waals surface area contributed by atoms with Crippen LogP contribution in [0, 0.1) is 10.1 Å². The van der Waals surface area contributed by atoms with Crippen LogP contribution >= 0.6 is 0 Å². The fourth-order valence-electron chi connectivity index (χ4n) is 2.60. The molecular weight excluding hydrogens is 244 g/mol. The average Bonchev–Trinajstić information content (AvgIpc) is 2.43. The van der Waals surface area contributed by atoms with Crippen LogP contribution in [0.5, 0.6) is 5.75 Å². The second kappa shape index (κ2) is 6.02. The molecule has 1 aliphatic carbocycles. The van der Waals surface area contributed by atoms with E-state index in [1.165, 1.54) is 12.7 Å². The first-order valence-corrected chi connectivity index (χ1v) is 6.73. The fourth-order valence-corrected chi connectivity index (χ4v) is 2.60. The molecule has 104 valence electrons. The third kappa shape index (κ3) is 3.04. The molecule has 0 bridgehead atoms. The summed E-state index contributed by atoms with van der Waals surface area (Å²) in [5.74, 6) is 0.365. The SMILES string of the molecule is CCCN[C@@H]1CCc2cc(OC)c([N+](=O)[O-])cc2C1. The van der Waals surface area contributed by atoms with Crippen LogP contribution in [0.15, 0.2) is 12.1 Å². The molecule has 0 spiro atoms. The van der Waals surface area contributed by atoms with Gasteiger partial charge in [0.1, 0.15) is 0 Å². The van der Waals surface area contributed by atoms with Crippen LogP contribution in [0.4, 0.5) is 5.69 Å². The number of rotatable bonds is 5. The zero-order chi connectivity index (χ0) is 13.8. The van der Waals surface area contributed by atoms with Gasteiger partial charge in [0, 0.05) is 12.1 Å². The number of benzene rings is 1. The van der Waals surface area contributed by atoms with E-state index in [-0.39, 0.29) is 10.6 Å². The minimum Gasteiger partial charge on any atom is -0.490 e. The van der Waals surface area contributed by atoms with Gasteiger partial charge in [-0.25, -0.2) is 0 Å². The van der Waals surface area contributed by atoms with Gasteiger partial charge in [-0.1, -0.05) is 6.92 Å². The van der Waals surface area contributed by atoms with Gasteiger partial charge in [-0.2, -0.15) is 0 Å². The lowest BCUT2D eigenvalue weighted by Crippen LogP contribution is -2.35. The zero-order valence-corrected chi connectivity index (χ0v) is 11.4. The number of nitrogens with one attached hydrogen (secondary N) is 1. The van der Waals surface area contributed by atoms with Gasteiger partial charge in [0.05, 0.1) is 12.0 Å². The third-order valence-electron chi connectivity index (χ3n) is 3.61. The van der Waals surface area contributed by atoms with Crippen LogP contribution < -0.4 is 10.1 Å². The Kier molecular flexibility index (Phi) is 4.37. The molecule has 0 saturated carbocycles. The van der Waals surface area contributed by atoms with Crippen LogP contribution in [-0.2, 0) is 12.8 Å². The number of hydrogen-bond acceptors (Lipinski definition) is 4. The smallest absolute Gasteiger partial charge is 0.311 e. The highest BCUT2D eigenvalue weighted by molar-refractivity contribution is 5.53. The number of methoxy groups -OCH3 is 1. The number of aryl methyl sites for hydroxylation is 1. The van der Waals surface area contributed by atoms with Gasteiger partial charge in [0.25, 0.3) is 0 Å². The Balaban J connectivity index is 2.24. The van der Waals surface area contributed by atoms with Crippen LogP contribution in [0.3, 0.4) is 0 Å². The van der Waals surface area contributed by atoms with Crippen molar-refractivity contribution in [2.45, 2.75) is 38.6 Å². The van der Waals surface area contributed by atoms with E-state index in [4.69, 9.17) is 4.74 Å². The van der Waals surface area contributed by atoms with Gasteiger partial charge in [0.15, 0.2) is 5.75 Å². The minimum atomic E-state index is -0.373. The summed E-state index contributed by atoms with van der Waals surface area (Å²) in [4.78, 5) is 10.7. The molecule has 0 fully saturated rings. The number of fused-ring (bicyclic) bond motifs is 1. The molecule has 0 unspecified atom stereocenters. The summed E-state index contributed by atoms with van der Waals surface area (Å²) in [5, 5.41) is 14.5. The summed E-state index contributed by atoms with van der Waals surface area (Å²) in [6, 6.07) is 3.93. The molecule has 1 aromatic carbocycles. The summed E-state index contributed by atoms with van der Waals surface area (Å²) < 4.78 is 5.11. The summed E-state index contributed by atoms with van der Waals surface area (Å²) >= 11 is 0. The average molecular weight is 264 g/mol. The van der Waals surface area contributed by atoms with E-state index < -0.39 is 0 Å². The molecule has 1 aromatic rings. The van der Waals surface area contributed by atoms with Crippen molar-refractivity contribution in [1.82, 2.24) is 5.32 Å². The molecule has 0 saturated heterocycles. The largest absolute Gasteiger partial charge is 0.490 e. The number of nitro benzene ring substituents is 1. The lowest BCUT2D eigenvalue weighted by molar-refractivity contribution is -0.385. The van der Waals surface area contributed by atoms with E-state index in [2.05, 4.69) is 12.2 Å². The van der Waals surface area contributed by atoms with Crippen molar-refractivity contribution in [3.63, 3.8) is 0 Å². The van der Waals surface area contributed by atoms with Crippen LogP contribution in [-0.4, -0.2) is 24.6 Å². The van der Waals surface area contributed by atoms with Crippen molar-refractivity contribution in [3.05, 3.63) is 33.4 Å². The van der Waals surface area contributed by atoms with E-state index >= 15 is 0 Å². The fraction of sp³-hybridized carbons (Fsp3) is 0.571. The van der Waals surface area contributed by atoms with Crippen LogP contribution in [0.1, 0.15) is 30.9 Å². The molecule has 0 aromatic heterocycles. The standard InChI is InChI=1S/C14H20N2O3/c1-3-6-15-12-5-4-10-9-14(19-2)13(16(17)18)8-11(10)7-12/h8-9,12,15H,3-7H2,1-2H3/t12-/m1/s1. The Labute approximate surface area is 113 Å². The highest BCUT2D eigenvalue weighted by Crippen LogP contribution is 2.33. The van der Waals surface area contributed by atoms with Crippen molar-refractivity contribution in [3.8, 4) is 5.75 Å². The predicted octanol–water partition coefficient (Wildman–Crippen LogP) is 2.46. The monoisotopic (exact) mass is 264 g/mol. The Morgan fingerprint density at radius 1 is 1.47 bits per heavy atom. The van der Waals surface area contributed by atoms with Crippen LogP contribution in [0.25, 0.3) is 0 Å².